The fourth-order valence-electron chi connectivity index (χ4n) is 1.21. The third kappa shape index (κ3) is 2.42. The zero-order valence-corrected chi connectivity index (χ0v) is 8.76. The maximum absolute atomic E-state index is 13.4. The van der Waals surface area contributed by atoms with Crippen LogP contribution in [0.2, 0.25) is 0 Å². The van der Waals surface area contributed by atoms with Crippen LogP contribution in [0, 0.1) is 11.6 Å². The lowest BCUT2D eigenvalue weighted by molar-refractivity contribution is 0.0695. The Hall–Kier alpha value is -2.51. The number of nitrogens with zero attached hydrogens (tertiary/aromatic N) is 2. The Morgan fingerprint density at radius 3 is 2.56 bits per heavy atom. The van der Waals surface area contributed by atoms with Gasteiger partial charge in [-0.1, -0.05) is 5.16 Å². The van der Waals surface area contributed by atoms with Crippen LogP contribution in [0.15, 0.2) is 23.0 Å². The van der Waals surface area contributed by atoms with Crippen molar-refractivity contribution in [2.45, 2.75) is 6.61 Å². The van der Waals surface area contributed by atoms with Crippen LogP contribution in [-0.4, -0.2) is 21.2 Å². The van der Waals surface area contributed by atoms with Gasteiger partial charge in [-0.05, 0) is 12.1 Å². The first kappa shape index (κ1) is 12.0. The second kappa shape index (κ2) is 4.78. The quantitative estimate of drug-likeness (QED) is 0.894. The number of hydrogen-bond acceptors (Lipinski definition) is 5. The van der Waals surface area contributed by atoms with Crippen LogP contribution in [0.3, 0.4) is 0 Å². The zero-order valence-electron chi connectivity index (χ0n) is 8.76. The van der Waals surface area contributed by atoms with E-state index in [-0.39, 0.29) is 12.4 Å². The normalized spacial score (nSPS) is 10.3. The molecule has 18 heavy (non-hydrogen) atoms. The van der Waals surface area contributed by atoms with Crippen LogP contribution in [0.4, 0.5) is 8.78 Å². The lowest BCUT2D eigenvalue weighted by atomic mass is 10.2. The minimum Gasteiger partial charge on any atom is -0.479 e. The van der Waals surface area contributed by atoms with E-state index in [9.17, 15) is 13.6 Å². The Kier molecular flexibility index (Phi) is 3.18. The van der Waals surface area contributed by atoms with Crippen LogP contribution in [0.5, 0.6) is 5.75 Å². The number of aromatic carboxylic acids is 1. The highest BCUT2D eigenvalue weighted by Gasteiger charge is 2.16. The summed E-state index contributed by atoms with van der Waals surface area (Å²) >= 11 is 0. The van der Waals surface area contributed by atoms with Crippen LogP contribution < -0.4 is 4.74 Å². The van der Waals surface area contributed by atoms with Crippen LogP contribution in [0.25, 0.3) is 0 Å². The van der Waals surface area contributed by atoms with Gasteiger partial charge >= 0.3 is 5.97 Å². The van der Waals surface area contributed by atoms with Gasteiger partial charge in [-0.15, -0.1) is 0 Å². The third-order valence-corrected chi connectivity index (χ3v) is 2.00. The minimum absolute atomic E-state index is 0.108. The van der Waals surface area contributed by atoms with E-state index in [1.807, 2.05) is 0 Å². The first-order chi connectivity index (χ1) is 8.58. The molecule has 6 nitrogen and oxygen atoms in total. The Morgan fingerprint density at radius 2 is 2.06 bits per heavy atom. The number of carboxylic acid groups (broad SMARTS) is 1. The van der Waals surface area contributed by atoms with Gasteiger partial charge in [0.2, 0.25) is 12.2 Å². The summed E-state index contributed by atoms with van der Waals surface area (Å²) in [6.45, 7) is -0.295. The molecule has 1 aromatic carbocycles. The van der Waals surface area contributed by atoms with E-state index in [2.05, 4.69) is 14.7 Å². The van der Waals surface area contributed by atoms with E-state index in [4.69, 9.17) is 9.84 Å². The zero-order chi connectivity index (χ0) is 13.1. The smallest absolute Gasteiger partial charge is 0.335 e. The summed E-state index contributed by atoms with van der Waals surface area (Å²) in [6, 6.07) is 1.33. The molecule has 1 N–H and O–H groups in total. The number of carbonyl (C=O) groups is 1. The van der Waals surface area contributed by atoms with Gasteiger partial charge in [-0.25, -0.2) is 13.6 Å². The molecule has 0 aliphatic carbocycles. The van der Waals surface area contributed by atoms with Crippen molar-refractivity contribution in [1.29, 1.82) is 0 Å². The molecule has 0 aliphatic heterocycles. The number of benzene rings is 1. The summed E-state index contributed by atoms with van der Waals surface area (Å²) in [7, 11) is 0. The number of ether oxygens (including phenoxy) is 1. The molecule has 1 heterocycles. The van der Waals surface area contributed by atoms with Gasteiger partial charge in [0.15, 0.2) is 24.0 Å². The number of halogens is 2. The third-order valence-electron chi connectivity index (χ3n) is 2.00. The molecule has 0 bridgehead atoms. The second-order valence-electron chi connectivity index (χ2n) is 3.21. The predicted octanol–water partition coefficient (Wildman–Crippen LogP) is 1.62. The summed E-state index contributed by atoms with van der Waals surface area (Å²) in [5.41, 5.74) is -0.503. The molecular weight excluding hydrogens is 250 g/mol. The van der Waals surface area contributed by atoms with Gasteiger partial charge in [-0.3, -0.25) is 0 Å². The van der Waals surface area contributed by atoms with Crippen molar-refractivity contribution in [2.24, 2.45) is 0 Å². The maximum Gasteiger partial charge on any atom is 0.335 e. The van der Waals surface area contributed by atoms with Crippen molar-refractivity contribution in [3.63, 3.8) is 0 Å². The Bertz CT molecular complexity index is 548. The van der Waals surface area contributed by atoms with Crippen molar-refractivity contribution < 1.29 is 27.9 Å². The monoisotopic (exact) mass is 256 g/mol. The predicted molar refractivity (Wildman–Crippen MR) is 51.9 cm³/mol. The average Bonchev–Trinajstić information content (AvgIpc) is 2.80. The summed E-state index contributed by atoms with van der Waals surface area (Å²) in [6.07, 6.45) is 1.04. The van der Waals surface area contributed by atoms with E-state index in [0.717, 1.165) is 6.39 Å². The first-order valence-electron chi connectivity index (χ1n) is 4.68. The van der Waals surface area contributed by atoms with E-state index in [1.165, 1.54) is 0 Å². The molecule has 1 aromatic heterocycles. The summed E-state index contributed by atoms with van der Waals surface area (Å²) < 4.78 is 36.0. The van der Waals surface area contributed by atoms with Gasteiger partial charge in [0.05, 0.1) is 5.56 Å². The standard InChI is InChI=1S/C10H6F2N2O4/c11-6-1-5(10(15)16)2-7(12)9(6)17-3-8-13-4-18-14-8/h1-2,4H,3H2,(H,15,16). The maximum atomic E-state index is 13.4. The van der Waals surface area contributed by atoms with Gasteiger partial charge in [0.25, 0.3) is 0 Å². The van der Waals surface area contributed by atoms with Crippen molar-refractivity contribution in [3.05, 3.63) is 41.5 Å². The van der Waals surface area contributed by atoms with Gasteiger partial charge < -0.3 is 14.4 Å². The number of aromatic nitrogens is 2. The van der Waals surface area contributed by atoms with E-state index < -0.39 is 28.9 Å². The Labute approximate surface area is 98.8 Å². The summed E-state index contributed by atoms with van der Waals surface area (Å²) in [5, 5.41) is 12.0. The largest absolute Gasteiger partial charge is 0.479 e. The Morgan fingerprint density at radius 1 is 1.39 bits per heavy atom. The van der Waals surface area contributed by atoms with Crippen LogP contribution in [0.1, 0.15) is 16.2 Å². The highest BCUT2D eigenvalue weighted by molar-refractivity contribution is 5.87. The number of rotatable bonds is 4. The molecule has 0 saturated heterocycles. The molecular formula is C10H6F2N2O4. The van der Waals surface area contributed by atoms with Gasteiger partial charge in [0, 0.05) is 0 Å². The van der Waals surface area contributed by atoms with Crippen molar-refractivity contribution in [2.75, 3.05) is 0 Å². The molecule has 2 aromatic rings. The van der Waals surface area contributed by atoms with Crippen LogP contribution >= 0.6 is 0 Å². The SMILES string of the molecule is O=C(O)c1cc(F)c(OCc2ncon2)c(F)c1. The topological polar surface area (TPSA) is 85.5 Å². The van der Waals surface area contributed by atoms with E-state index in [0.29, 0.717) is 12.1 Å². The van der Waals surface area contributed by atoms with Crippen molar-refractivity contribution >= 4 is 5.97 Å². The molecule has 0 fully saturated rings. The van der Waals surface area contributed by atoms with Crippen molar-refractivity contribution in [3.8, 4) is 5.75 Å². The van der Waals surface area contributed by atoms with Gasteiger partial charge in [0.1, 0.15) is 0 Å². The lowest BCUT2D eigenvalue weighted by Gasteiger charge is -2.06. The highest BCUT2D eigenvalue weighted by atomic mass is 19.1. The second-order valence-corrected chi connectivity index (χ2v) is 3.21. The molecule has 0 unspecified atom stereocenters. The van der Waals surface area contributed by atoms with E-state index >= 15 is 0 Å². The number of carboxylic acids is 1. The number of hydrogen-bond donors (Lipinski definition) is 1. The highest BCUT2D eigenvalue weighted by Crippen LogP contribution is 2.24. The molecule has 2 rings (SSSR count). The van der Waals surface area contributed by atoms with Crippen LogP contribution in [-0.2, 0) is 6.61 Å². The van der Waals surface area contributed by atoms with E-state index in [1.54, 1.807) is 0 Å². The minimum atomic E-state index is -1.43. The summed E-state index contributed by atoms with van der Waals surface area (Å²) in [4.78, 5) is 14.1. The lowest BCUT2D eigenvalue weighted by Crippen LogP contribution is -2.04. The first-order valence-corrected chi connectivity index (χ1v) is 4.68. The summed E-state index contributed by atoms with van der Waals surface area (Å²) in [5.74, 6) is -4.25. The van der Waals surface area contributed by atoms with Crippen molar-refractivity contribution in [1.82, 2.24) is 10.1 Å². The Balaban J connectivity index is 2.20. The molecule has 0 aliphatic rings. The molecule has 0 saturated carbocycles. The van der Waals surface area contributed by atoms with Gasteiger partial charge in [-0.2, -0.15) is 4.98 Å². The molecule has 0 atom stereocenters. The molecule has 0 spiro atoms. The molecule has 8 heteroatoms. The average molecular weight is 256 g/mol. The molecule has 0 amide bonds. The molecule has 0 radical (unpaired) electrons. The molecule has 94 valence electrons. The fourth-order valence-corrected chi connectivity index (χ4v) is 1.21. The fraction of sp³-hybridized carbons (Fsp3) is 0.100.